The lowest BCUT2D eigenvalue weighted by atomic mass is 10.0. The van der Waals surface area contributed by atoms with E-state index in [1.165, 1.54) is 11.3 Å². The van der Waals surface area contributed by atoms with Crippen molar-refractivity contribution in [1.29, 1.82) is 0 Å². The molecule has 0 aromatic heterocycles. The van der Waals surface area contributed by atoms with Crippen LogP contribution in [0.25, 0.3) is 0 Å². The van der Waals surface area contributed by atoms with Gasteiger partial charge in [-0.2, -0.15) is 0 Å². The molecule has 1 unspecified atom stereocenters. The lowest BCUT2D eigenvalue weighted by Crippen LogP contribution is -2.52. The fraction of sp³-hybridized carbons (Fsp3) is 0.667. The Hall–Kier alpha value is -1.36. The standard InChI is InChI=1S/C12H20N4O/c1-8-9(2)14-10(3)16-5-4-15(7-11(8)16)12(17)6-13/h9H,4-7,13H2,1-3H3. The molecule has 17 heavy (non-hydrogen) atoms. The SMILES string of the molecule is CC1=NC(C)C(C)=C2CN(C(=O)CN)CCN12. The summed E-state index contributed by atoms with van der Waals surface area (Å²) in [6, 6.07) is 0.217. The highest BCUT2D eigenvalue weighted by Gasteiger charge is 2.30. The van der Waals surface area contributed by atoms with E-state index in [0.29, 0.717) is 6.54 Å². The topological polar surface area (TPSA) is 61.9 Å². The van der Waals surface area contributed by atoms with Gasteiger partial charge in [0.15, 0.2) is 0 Å². The number of carbonyl (C=O) groups excluding carboxylic acids is 1. The quantitative estimate of drug-likeness (QED) is 0.706. The first-order valence-corrected chi connectivity index (χ1v) is 6.04. The number of carbonyl (C=O) groups is 1. The van der Waals surface area contributed by atoms with Crippen LogP contribution in [0.15, 0.2) is 16.3 Å². The Morgan fingerprint density at radius 3 is 2.82 bits per heavy atom. The zero-order valence-corrected chi connectivity index (χ0v) is 10.7. The van der Waals surface area contributed by atoms with E-state index in [1.807, 2.05) is 11.8 Å². The van der Waals surface area contributed by atoms with Crippen LogP contribution >= 0.6 is 0 Å². The van der Waals surface area contributed by atoms with Gasteiger partial charge in [0.2, 0.25) is 5.91 Å². The zero-order chi connectivity index (χ0) is 12.6. The Balaban J connectivity index is 2.23. The van der Waals surface area contributed by atoms with Gasteiger partial charge in [-0.05, 0) is 26.3 Å². The van der Waals surface area contributed by atoms with E-state index < -0.39 is 0 Å². The summed E-state index contributed by atoms with van der Waals surface area (Å²) in [4.78, 5) is 20.3. The van der Waals surface area contributed by atoms with Crippen LogP contribution in [0.1, 0.15) is 20.8 Å². The van der Waals surface area contributed by atoms with Gasteiger partial charge in [-0.15, -0.1) is 0 Å². The lowest BCUT2D eigenvalue weighted by Gasteiger charge is -2.41. The van der Waals surface area contributed by atoms with Crippen LogP contribution in [0.2, 0.25) is 0 Å². The fourth-order valence-electron chi connectivity index (χ4n) is 2.43. The number of amidine groups is 1. The molecule has 2 heterocycles. The molecular weight excluding hydrogens is 216 g/mol. The summed E-state index contributed by atoms with van der Waals surface area (Å²) in [6.07, 6.45) is 0. The summed E-state index contributed by atoms with van der Waals surface area (Å²) in [6.45, 7) is 8.53. The summed E-state index contributed by atoms with van der Waals surface area (Å²) in [5.74, 6) is 1.08. The normalized spacial score (nSPS) is 24.7. The largest absolute Gasteiger partial charge is 0.334 e. The molecule has 0 spiro atoms. The van der Waals surface area contributed by atoms with Crippen molar-refractivity contribution in [3.05, 3.63) is 11.3 Å². The van der Waals surface area contributed by atoms with Crippen molar-refractivity contribution in [2.24, 2.45) is 10.7 Å². The van der Waals surface area contributed by atoms with E-state index in [4.69, 9.17) is 5.73 Å². The average Bonchev–Trinajstić information content (AvgIpc) is 2.34. The Kier molecular flexibility index (Phi) is 3.19. The summed E-state index contributed by atoms with van der Waals surface area (Å²) in [5.41, 5.74) is 7.89. The predicted octanol–water partition coefficient (Wildman–Crippen LogP) is 0.184. The molecule has 1 amide bonds. The number of nitrogens with two attached hydrogens (primary N) is 1. The fourth-order valence-corrected chi connectivity index (χ4v) is 2.43. The molecule has 2 rings (SSSR count). The van der Waals surface area contributed by atoms with Crippen molar-refractivity contribution >= 4 is 11.7 Å². The number of nitrogens with zero attached hydrogens (tertiary/aromatic N) is 3. The van der Waals surface area contributed by atoms with Crippen LogP contribution < -0.4 is 5.73 Å². The molecule has 1 saturated heterocycles. The van der Waals surface area contributed by atoms with Crippen LogP contribution in [0.3, 0.4) is 0 Å². The van der Waals surface area contributed by atoms with Crippen LogP contribution in [0, 0.1) is 0 Å². The van der Waals surface area contributed by atoms with Gasteiger partial charge in [-0.25, -0.2) is 0 Å². The third-order valence-electron chi connectivity index (χ3n) is 3.64. The number of fused-ring (bicyclic) bond motifs is 1. The maximum Gasteiger partial charge on any atom is 0.236 e. The molecule has 1 fully saturated rings. The predicted molar refractivity (Wildman–Crippen MR) is 67.6 cm³/mol. The molecule has 0 bridgehead atoms. The van der Waals surface area contributed by atoms with Crippen molar-refractivity contribution in [3.8, 4) is 0 Å². The molecule has 94 valence electrons. The van der Waals surface area contributed by atoms with Gasteiger partial charge >= 0.3 is 0 Å². The molecule has 2 N–H and O–H groups in total. The van der Waals surface area contributed by atoms with E-state index in [0.717, 1.165) is 18.9 Å². The van der Waals surface area contributed by atoms with E-state index in [1.54, 1.807) is 0 Å². The van der Waals surface area contributed by atoms with Gasteiger partial charge < -0.3 is 15.5 Å². The minimum Gasteiger partial charge on any atom is -0.334 e. The molecule has 0 aromatic rings. The average molecular weight is 236 g/mol. The highest BCUT2D eigenvalue weighted by Crippen LogP contribution is 2.25. The maximum absolute atomic E-state index is 11.6. The molecule has 2 aliphatic rings. The van der Waals surface area contributed by atoms with Crippen LogP contribution in [-0.2, 0) is 4.79 Å². The van der Waals surface area contributed by atoms with Crippen molar-refractivity contribution in [3.63, 3.8) is 0 Å². The molecule has 5 nitrogen and oxygen atoms in total. The number of hydrogen-bond donors (Lipinski definition) is 1. The summed E-state index contributed by atoms with van der Waals surface area (Å²) in [7, 11) is 0. The highest BCUT2D eigenvalue weighted by molar-refractivity contribution is 5.84. The summed E-state index contributed by atoms with van der Waals surface area (Å²) in [5, 5.41) is 0. The van der Waals surface area contributed by atoms with E-state index in [9.17, 15) is 4.79 Å². The first kappa shape index (κ1) is 12.1. The Morgan fingerprint density at radius 2 is 2.18 bits per heavy atom. The first-order valence-electron chi connectivity index (χ1n) is 6.04. The van der Waals surface area contributed by atoms with Gasteiger partial charge in [0.25, 0.3) is 0 Å². The second kappa shape index (κ2) is 4.49. The zero-order valence-electron chi connectivity index (χ0n) is 10.7. The molecule has 0 aliphatic carbocycles. The molecule has 0 aromatic carbocycles. The number of amides is 1. The smallest absolute Gasteiger partial charge is 0.236 e. The molecule has 0 radical (unpaired) electrons. The summed E-state index contributed by atoms with van der Waals surface area (Å²) >= 11 is 0. The van der Waals surface area contributed by atoms with Crippen LogP contribution in [0.5, 0.6) is 0 Å². The molecule has 5 heteroatoms. The number of rotatable bonds is 1. The molecule has 0 saturated carbocycles. The Bertz CT molecular complexity index is 399. The second-order valence-corrected chi connectivity index (χ2v) is 4.65. The highest BCUT2D eigenvalue weighted by atomic mass is 16.2. The van der Waals surface area contributed by atoms with Gasteiger partial charge in [-0.3, -0.25) is 9.79 Å². The van der Waals surface area contributed by atoms with Crippen LogP contribution in [0.4, 0.5) is 0 Å². The van der Waals surface area contributed by atoms with Gasteiger partial charge in [0.05, 0.1) is 19.1 Å². The van der Waals surface area contributed by atoms with Gasteiger partial charge in [0, 0.05) is 18.8 Å². The number of aliphatic imine (C=N–C) groups is 1. The molecular formula is C12H20N4O. The first-order chi connectivity index (χ1) is 8.04. The Morgan fingerprint density at radius 1 is 1.47 bits per heavy atom. The third-order valence-corrected chi connectivity index (χ3v) is 3.64. The molecule has 2 aliphatic heterocycles. The number of piperazine rings is 1. The van der Waals surface area contributed by atoms with Crippen molar-refractivity contribution in [2.45, 2.75) is 26.8 Å². The summed E-state index contributed by atoms with van der Waals surface area (Å²) < 4.78 is 0. The van der Waals surface area contributed by atoms with Crippen molar-refractivity contribution in [2.75, 3.05) is 26.2 Å². The molecule has 1 atom stereocenters. The van der Waals surface area contributed by atoms with Crippen LogP contribution in [-0.4, -0.2) is 53.8 Å². The lowest BCUT2D eigenvalue weighted by molar-refractivity contribution is -0.130. The monoisotopic (exact) mass is 236 g/mol. The third kappa shape index (κ3) is 2.07. The van der Waals surface area contributed by atoms with Crippen molar-refractivity contribution in [1.82, 2.24) is 9.80 Å². The number of hydrogen-bond acceptors (Lipinski definition) is 4. The van der Waals surface area contributed by atoms with Gasteiger partial charge in [0.1, 0.15) is 5.84 Å². The maximum atomic E-state index is 11.6. The van der Waals surface area contributed by atoms with Crippen molar-refractivity contribution < 1.29 is 4.79 Å². The second-order valence-electron chi connectivity index (χ2n) is 4.65. The van der Waals surface area contributed by atoms with Gasteiger partial charge in [-0.1, -0.05) is 0 Å². The van der Waals surface area contributed by atoms with E-state index >= 15 is 0 Å². The Labute approximate surface area is 102 Å². The van der Waals surface area contributed by atoms with E-state index in [-0.39, 0.29) is 18.5 Å². The van der Waals surface area contributed by atoms with E-state index in [2.05, 4.69) is 23.7 Å². The minimum atomic E-state index is 0.0257. The minimum absolute atomic E-state index is 0.0257.